The Balaban J connectivity index is 0.826. The van der Waals surface area contributed by atoms with E-state index < -0.39 is 33.7 Å². The van der Waals surface area contributed by atoms with E-state index in [9.17, 15) is 9.50 Å². The van der Waals surface area contributed by atoms with Gasteiger partial charge in [-0.2, -0.15) is 5.10 Å². The first-order chi connectivity index (χ1) is 35.5. The molecule has 0 saturated carbocycles. The molecule has 1 aromatic heterocycles. The van der Waals surface area contributed by atoms with Gasteiger partial charge >= 0.3 is 0 Å². The zero-order valence-electron chi connectivity index (χ0n) is 42.8. The van der Waals surface area contributed by atoms with E-state index in [4.69, 9.17) is 18.9 Å². The molecule has 1 amide bonds. The van der Waals surface area contributed by atoms with Gasteiger partial charge in [0.05, 0.1) is 25.8 Å². The average Bonchev–Trinajstić information content (AvgIpc) is 4.15. The van der Waals surface area contributed by atoms with Gasteiger partial charge in [-0.15, -0.1) is 0 Å². The lowest BCUT2D eigenvalue weighted by Gasteiger charge is -2.38. The van der Waals surface area contributed by atoms with E-state index in [-0.39, 0.29) is 49.3 Å². The first-order valence-corrected chi connectivity index (χ1v) is 28.2. The number of halogens is 2. The zero-order valence-corrected chi connectivity index (χ0v) is 43.6. The summed E-state index contributed by atoms with van der Waals surface area (Å²) in [5, 5.41) is 14.2. The number of likely N-dealkylation sites (tertiary alicyclic amines) is 1. The van der Waals surface area contributed by atoms with Crippen LogP contribution in [0.4, 0.5) is 30.6 Å². The number of aliphatic hydroxyl groups is 1. The van der Waals surface area contributed by atoms with Crippen LogP contribution in [0.15, 0.2) is 109 Å². The molecule has 2 unspecified atom stereocenters. The van der Waals surface area contributed by atoms with Crippen molar-refractivity contribution in [1.82, 2.24) is 24.6 Å². The normalized spacial score (nSPS) is 23.8. The molecule has 2 N–H and O–H groups in total. The molecule has 5 aromatic rings. The average molecular weight is 1030 g/mol. The fourth-order valence-electron chi connectivity index (χ4n) is 10.8. The number of anilines is 3. The number of aliphatic hydroxyl groups excluding tert-OH is 1. The molecule has 4 aliphatic heterocycles. The van der Waals surface area contributed by atoms with Crippen molar-refractivity contribution in [1.29, 1.82) is 0 Å². The van der Waals surface area contributed by atoms with Crippen LogP contribution in [0.2, 0.25) is 0 Å². The smallest absolute Gasteiger partial charge is 0.285 e. The van der Waals surface area contributed by atoms with Crippen LogP contribution in [0, 0.1) is 17.6 Å². The predicted octanol–water partition coefficient (Wildman–Crippen LogP) is 10.1. The van der Waals surface area contributed by atoms with E-state index in [1.54, 1.807) is 0 Å². The number of aromatic nitrogens is 3. The van der Waals surface area contributed by atoms with Crippen molar-refractivity contribution in [3.63, 3.8) is 0 Å². The van der Waals surface area contributed by atoms with E-state index in [1.807, 2.05) is 24.3 Å². The number of piperidine rings is 1. The van der Waals surface area contributed by atoms with Crippen molar-refractivity contribution in [3.05, 3.63) is 121 Å². The molecule has 4 fully saturated rings. The van der Waals surface area contributed by atoms with Gasteiger partial charge in [-0.05, 0) is 131 Å². The number of benzene rings is 4. The van der Waals surface area contributed by atoms with Gasteiger partial charge in [0.1, 0.15) is 48.0 Å². The SMILES string of the molecule is CCCCCCCCOc1ccc(NS2(c3ccc(N4CCN(c5ccc(OC[C@H]6OC[C@](Cn7cncn7)(c7ccc(F)cc7F)O6)cc5)CC4)cc3)CC(CN3CCC(CO)CC3)N(C(C)C)C2=O)cc1. The second-order valence-electron chi connectivity index (χ2n) is 20.3. The molecule has 4 atom stereocenters. The van der Waals surface area contributed by atoms with Crippen molar-refractivity contribution in [2.75, 3.05) is 92.5 Å². The lowest BCUT2D eigenvalue weighted by Crippen LogP contribution is -2.47. The van der Waals surface area contributed by atoms with E-state index in [1.165, 1.54) is 61.6 Å². The minimum Gasteiger partial charge on any atom is -0.494 e. The van der Waals surface area contributed by atoms with Crippen LogP contribution < -0.4 is 24.0 Å². The maximum absolute atomic E-state index is 15.1. The van der Waals surface area contributed by atoms with Crippen molar-refractivity contribution in [2.45, 2.75) is 108 Å². The van der Waals surface area contributed by atoms with Crippen LogP contribution in [0.25, 0.3) is 0 Å². The van der Waals surface area contributed by atoms with Gasteiger partial charge in [0.2, 0.25) is 0 Å². The van der Waals surface area contributed by atoms with E-state index in [0.717, 1.165) is 98.8 Å². The molecule has 73 heavy (non-hydrogen) atoms. The Morgan fingerprint density at radius 2 is 1.49 bits per heavy atom. The number of carbonyl (C=O) groups excluding carboxylic acids is 1. The molecule has 4 aromatic carbocycles. The molecule has 4 saturated heterocycles. The van der Waals surface area contributed by atoms with Crippen LogP contribution in [0.5, 0.6) is 11.5 Å². The molecule has 0 radical (unpaired) electrons. The molecule has 0 bridgehead atoms. The quantitative estimate of drug-likeness (QED) is 0.0605. The highest BCUT2D eigenvalue weighted by Crippen LogP contribution is 2.62. The van der Waals surface area contributed by atoms with Gasteiger partial charge < -0.3 is 48.4 Å². The molecule has 394 valence electrons. The number of nitrogens with zero attached hydrogens (tertiary/aromatic N) is 7. The number of ether oxygens (including phenoxy) is 4. The molecule has 4 aliphatic rings. The third-order valence-electron chi connectivity index (χ3n) is 14.9. The molecular formula is C56H74F2N8O6S. The van der Waals surface area contributed by atoms with Crippen molar-refractivity contribution < 1.29 is 37.6 Å². The van der Waals surface area contributed by atoms with E-state index in [2.05, 4.69) is 104 Å². The molecular weight excluding hydrogens is 951 g/mol. The summed E-state index contributed by atoms with van der Waals surface area (Å²) in [5.74, 6) is 1.16. The number of rotatable bonds is 23. The highest BCUT2D eigenvalue weighted by molar-refractivity contribution is 8.46. The Morgan fingerprint density at radius 3 is 2.14 bits per heavy atom. The van der Waals surface area contributed by atoms with Gasteiger partial charge in [-0.1, -0.05) is 55.3 Å². The number of unbranched alkanes of at least 4 members (excludes halogenated alkanes) is 5. The summed E-state index contributed by atoms with van der Waals surface area (Å²) >= 11 is 0. The minimum atomic E-state index is -2.21. The minimum absolute atomic E-state index is 0.0204. The largest absolute Gasteiger partial charge is 0.494 e. The molecule has 0 aliphatic carbocycles. The first-order valence-electron chi connectivity index (χ1n) is 26.4. The maximum Gasteiger partial charge on any atom is 0.285 e. The van der Waals surface area contributed by atoms with Crippen LogP contribution in [0.3, 0.4) is 0 Å². The number of hydrogen-bond acceptors (Lipinski definition) is 12. The van der Waals surface area contributed by atoms with Gasteiger partial charge in [0, 0.05) is 84.7 Å². The van der Waals surface area contributed by atoms with Crippen molar-refractivity contribution in [3.8, 4) is 11.5 Å². The summed E-state index contributed by atoms with van der Waals surface area (Å²) in [6.45, 7) is 13.7. The monoisotopic (exact) mass is 1020 g/mol. The van der Waals surface area contributed by atoms with Crippen molar-refractivity contribution >= 4 is 32.5 Å². The van der Waals surface area contributed by atoms with Gasteiger partial charge in [0.15, 0.2) is 6.29 Å². The third-order valence-corrected chi connectivity index (χ3v) is 18.2. The second kappa shape index (κ2) is 24.3. The first kappa shape index (κ1) is 52.4. The number of piperazine rings is 1. The third kappa shape index (κ3) is 12.6. The van der Waals surface area contributed by atoms with Gasteiger partial charge in [-0.25, -0.2) is 18.4 Å². The summed E-state index contributed by atoms with van der Waals surface area (Å²) in [7, 11) is -2.21. The predicted molar refractivity (Wildman–Crippen MR) is 284 cm³/mol. The Morgan fingerprint density at radius 1 is 0.836 bits per heavy atom. The maximum atomic E-state index is 15.1. The lowest BCUT2D eigenvalue weighted by molar-refractivity contribution is -0.117. The highest BCUT2D eigenvalue weighted by Gasteiger charge is 2.51. The van der Waals surface area contributed by atoms with Crippen LogP contribution >= 0.6 is 10.2 Å². The Labute approximate surface area is 431 Å². The summed E-state index contributed by atoms with van der Waals surface area (Å²) in [6, 6.07) is 28.4. The molecule has 5 heterocycles. The van der Waals surface area contributed by atoms with E-state index >= 15 is 9.18 Å². The number of hydrogen-bond donors (Lipinski definition) is 2. The molecule has 14 nitrogen and oxygen atoms in total. The Kier molecular flexibility index (Phi) is 17.4. The fourth-order valence-corrected chi connectivity index (χ4v) is 14.4. The Bertz CT molecular complexity index is 2510. The van der Waals surface area contributed by atoms with Crippen LogP contribution in [0.1, 0.15) is 77.7 Å². The van der Waals surface area contributed by atoms with Gasteiger partial charge in [-0.3, -0.25) is 4.79 Å². The van der Waals surface area contributed by atoms with Crippen LogP contribution in [-0.4, -0.2) is 131 Å². The summed E-state index contributed by atoms with van der Waals surface area (Å²) in [6.07, 6.45) is 11.4. The number of carbonyl (C=O) groups is 1. The topological polar surface area (TPSA) is 130 Å². The van der Waals surface area contributed by atoms with Crippen molar-refractivity contribution in [2.24, 2.45) is 5.92 Å². The lowest BCUT2D eigenvalue weighted by atomic mass is 9.94. The fraction of sp³-hybridized carbons (Fsp3) is 0.518. The van der Waals surface area contributed by atoms with Gasteiger partial charge in [0.25, 0.3) is 5.24 Å². The van der Waals surface area contributed by atoms with Crippen LogP contribution in [-0.2, 0) is 21.6 Å². The molecule has 17 heteroatoms. The summed E-state index contributed by atoms with van der Waals surface area (Å²) < 4.78 is 58.9. The summed E-state index contributed by atoms with van der Waals surface area (Å²) in [5.41, 5.74) is 2.06. The zero-order chi connectivity index (χ0) is 50.8. The molecule has 9 rings (SSSR count). The summed E-state index contributed by atoms with van der Waals surface area (Å²) in [4.78, 5) is 29.6. The molecule has 0 spiro atoms. The Hall–Kier alpha value is -5.46. The van der Waals surface area contributed by atoms with E-state index in [0.29, 0.717) is 24.0 Å². The number of nitrogens with one attached hydrogen (secondary N) is 1. The second-order valence-corrected chi connectivity index (χ2v) is 23.2. The number of amides is 1. The standard InChI is InChI=1S/C56H74F2N8O6S/c1-4-5-6-7-8-9-32-69-49-17-11-45(12-18-49)61-73(37-48(66(42(2)3)55(73)68)34-62-26-24-43(35-67)25-27-62)51-21-15-47(16-22-51)64-30-28-63(29-31-64)46-13-19-50(20-14-46)70-36-54-71-39-56(72-54,38-65-41-59-40-60-65)52-23-10-44(57)33-53(52)58/h10-23,33,40-43,48,54,61,67H,4-9,24-32,34-39H2,1-3H3/t48?,54-,56+/m0/s1. The highest BCUT2D eigenvalue weighted by atomic mass is 32.3.